The largest absolute Gasteiger partial charge is 0.490 e. The fourth-order valence-electron chi connectivity index (χ4n) is 2.96. The molecule has 1 amide bonds. The maximum atomic E-state index is 12.5. The lowest BCUT2D eigenvalue weighted by Crippen LogP contribution is -2.21. The number of hydrogen-bond donors (Lipinski definition) is 1. The number of nitrogens with one attached hydrogen (secondary N) is 1. The Balaban J connectivity index is 1.52. The minimum Gasteiger partial charge on any atom is -0.490 e. The Morgan fingerprint density at radius 3 is 2.35 bits per heavy atom. The summed E-state index contributed by atoms with van der Waals surface area (Å²) in [5, 5.41) is 2.86. The molecule has 0 saturated carbocycles. The van der Waals surface area contributed by atoms with Gasteiger partial charge in [0.1, 0.15) is 30.5 Å². The SMILES string of the molecule is CC(C)c1cc(Br)ccc1OCC(=O)Nc1ccccc1OCCOc1ccccc1. The molecule has 0 aliphatic heterocycles. The molecule has 3 aromatic rings. The average molecular weight is 484 g/mol. The molecule has 0 atom stereocenters. The van der Waals surface area contributed by atoms with Crippen molar-refractivity contribution in [2.45, 2.75) is 19.8 Å². The monoisotopic (exact) mass is 483 g/mol. The van der Waals surface area contributed by atoms with Crippen LogP contribution in [0.5, 0.6) is 17.2 Å². The van der Waals surface area contributed by atoms with Crippen LogP contribution in [0.3, 0.4) is 0 Å². The zero-order valence-electron chi connectivity index (χ0n) is 17.6. The molecule has 0 aliphatic rings. The lowest BCUT2D eigenvalue weighted by atomic mass is 10.0. The summed E-state index contributed by atoms with van der Waals surface area (Å²) < 4.78 is 18.2. The Morgan fingerprint density at radius 2 is 1.58 bits per heavy atom. The average Bonchev–Trinajstić information content (AvgIpc) is 2.77. The number of benzene rings is 3. The van der Waals surface area contributed by atoms with Crippen LogP contribution >= 0.6 is 15.9 Å². The molecule has 162 valence electrons. The zero-order chi connectivity index (χ0) is 22.1. The Hall–Kier alpha value is -2.99. The van der Waals surface area contributed by atoms with Crippen LogP contribution in [0.4, 0.5) is 5.69 Å². The van der Waals surface area contributed by atoms with E-state index < -0.39 is 0 Å². The first-order valence-electron chi connectivity index (χ1n) is 10.1. The molecular formula is C25H26BrNO4. The number of ether oxygens (including phenoxy) is 3. The molecule has 0 fully saturated rings. The predicted octanol–water partition coefficient (Wildman–Crippen LogP) is 6.05. The van der Waals surface area contributed by atoms with Crippen molar-refractivity contribution in [3.63, 3.8) is 0 Å². The molecule has 6 heteroatoms. The number of rotatable bonds is 10. The van der Waals surface area contributed by atoms with Gasteiger partial charge in [0.15, 0.2) is 6.61 Å². The van der Waals surface area contributed by atoms with Gasteiger partial charge >= 0.3 is 0 Å². The summed E-state index contributed by atoms with van der Waals surface area (Å²) in [6.07, 6.45) is 0. The predicted molar refractivity (Wildman–Crippen MR) is 126 cm³/mol. The van der Waals surface area contributed by atoms with E-state index in [1.807, 2.05) is 66.7 Å². The molecule has 5 nitrogen and oxygen atoms in total. The van der Waals surface area contributed by atoms with Gasteiger partial charge in [-0.3, -0.25) is 4.79 Å². The van der Waals surface area contributed by atoms with Crippen molar-refractivity contribution in [3.8, 4) is 17.2 Å². The first kappa shape index (κ1) is 22.7. The molecule has 3 aromatic carbocycles. The number of carbonyl (C=O) groups is 1. The van der Waals surface area contributed by atoms with Gasteiger partial charge in [-0.05, 0) is 53.9 Å². The quantitative estimate of drug-likeness (QED) is 0.356. The van der Waals surface area contributed by atoms with Crippen LogP contribution in [0.1, 0.15) is 25.3 Å². The highest BCUT2D eigenvalue weighted by molar-refractivity contribution is 9.10. The smallest absolute Gasteiger partial charge is 0.262 e. The van der Waals surface area contributed by atoms with Crippen molar-refractivity contribution < 1.29 is 19.0 Å². The van der Waals surface area contributed by atoms with Gasteiger partial charge in [-0.15, -0.1) is 0 Å². The molecule has 31 heavy (non-hydrogen) atoms. The second-order valence-electron chi connectivity index (χ2n) is 7.18. The summed E-state index contributed by atoms with van der Waals surface area (Å²) in [6, 6.07) is 22.7. The first-order chi connectivity index (χ1) is 15.0. The molecule has 3 rings (SSSR count). The van der Waals surface area contributed by atoms with Gasteiger partial charge in [-0.1, -0.05) is 60.1 Å². The summed E-state index contributed by atoms with van der Waals surface area (Å²) in [5.41, 5.74) is 1.64. The van der Waals surface area contributed by atoms with Gasteiger partial charge in [-0.25, -0.2) is 0 Å². The number of para-hydroxylation sites is 3. The fourth-order valence-corrected chi connectivity index (χ4v) is 3.33. The van der Waals surface area contributed by atoms with Crippen LogP contribution in [-0.4, -0.2) is 25.7 Å². The summed E-state index contributed by atoms with van der Waals surface area (Å²) in [5.74, 6) is 2.10. The third-order valence-corrected chi connectivity index (χ3v) is 4.96. The van der Waals surface area contributed by atoms with Gasteiger partial charge in [-0.2, -0.15) is 0 Å². The Labute approximate surface area is 191 Å². The molecule has 1 N–H and O–H groups in total. The van der Waals surface area contributed by atoms with E-state index in [-0.39, 0.29) is 18.4 Å². The fraction of sp³-hybridized carbons (Fsp3) is 0.240. The van der Waals surface area contributed by atoms with Gasteiger partial charge in [0.25, 0.3) is 5.91 Å². The maximum Gasteiger partial charge on any atom is 0.262 e. The Bertz CT molecular complexity index is 992. The van der Waals surface area contributed by atoms with E-state index in [2.05, 4.69) is 35.1 Å². The van der Waals surface area contributed by atoms with Crippen molar-refractivity contribution in [3.05, 3.63) is 82.8 Å². The summed E-state index contributed by atoms with van der Waals surface area (Å²) >= 11 is 3.48. The standard InChI is InChI=1S/C25H26BrNO4/c1-18(2)21-16-19(26)12-13-23(21)31-17-25(28)27-22-10-6-7-11-24(22)30-15-14-29-20-8-4-3-5-9-20/h3-13,16,18H,14-15,17H2,1-2H3,(H,27,28). The zero-order valence-corrected chi connectivity index (χ0v) is 19.2. The molecule has 0 aliphatic carbocycles. The second-order valence-corrected chi connectivity index (χ2v) is 8.10. The highest BCUT2D eigenvalue weighted by Gasteiger charge is 2.12. The molecule has 0 aromatic heterocycles. The van der Waals surface area contributed by atoms with E-state index in [1.165, 1.54) is 0 Å². The van der Waals surface area contributed by atoms with Crippen LogP contribution in [0.25, 0.3) is 0 Å². The second kappa shape index (κ2) is 11.4. The molecule has 0 bridgehead atoms. The normalized spacial score (nSPS) is 10.6. The van der Waals surface area contributed by atoms with E-state index in [0.717, 1.165) is 15.8 Å². The van der Waals surface area contributed by atoms with Gasteiger partial charge < -0.3 is 19.5 Å². The Kier molecular flexibility index (Phi) is 8.35. The third kappa shape index (κ3) is 7.03. The van der Waals surface area contributed by atoms with Crippen LogP contribution < -0.4 is 19.5 Å². The highest BCUT2D eigenvalue weighted by Crippen LogP contribution is 2.30. The van der Waals surface area contributed by atoms with E-state index in [0.29, 0.717) is 30.4 Å². The molecule has 0 radical (unpaired) electrons. The van der Waals surface area contributed by atoms with Crippen molar-refractivity contribution in [2.24, 2.45) is 0 Å². The number of amides is 1. The van der Waals surface area contributed by atoms with Crippen LogP contribution in [0.2, 0.25) is 0 Å². The van der Waals surface area contributed by atoms with Gasteiger partial charge in [0.05, 0.1) is 5.69 Å². The van der Waals surface area contributed by atoms with Crippen LogP contribution in [0, 0.1) is 0 Å². The number of anilines is 1. The molecule has 0 unspecified atom stereocenters. The molecular weight excluding hydrogens is 458 g/mol. The number of carbonyl (C=O) groups excluding carboxylic acids is 1. The van der Waals surface area contributed by atoms with Crippen molar-refractivity contribution in [1.82, 2.24) is 0 Å². The minimum atomic E-state index is -0.255. The van der Waals surface area contributed by atoms with E-state index in [9.17, 15) is 4.79 Å². The van der Waals surface area contributed by atoms with E-state index in [1.54, 1.807) is 6.07 Å². The topological polar surface area (TPSA) is 56.8 Å². The van der Waals surface area contributed by atoms with Gasteiger partial charge in [0, 0.05) is 4.47 Å². The molecule has 0 heterocycles. The first-order valence-corrected chi connectivity index (χ1v) is 10.9. The summed E-state index contributed by atoms with van der Waals surface area (Å²) in [4.78, 5) is 12.5. The van der Waals surface area contributed by atoms with Crippen LogP contribution in [0.15, 0.2) is 77.3 Å². The van der Waals surface area contributed by atoms with Crippen molar-refractivity contribution >= 4 is 27.5 Å². The third-order valence-electron chi connectivity index (χ3n) is 4.47. The van der Waals surface area contributed by atoms with Crippen LogP contribution in [-0.2, 0) is 4.79 Å². The molecule has 0 saturated heterocycles. The summed E-state index contributed by atoms with van der Waals surface area (Å²) in [6.45, 7) is 4.84. The van der Waals surface area contributed by atoms with Crippen molar-refractivity contribution in [2.75, 3.05) is 25.1 Å². The lowest BCUT2D eigenvalue weighted by molar-refractivity contribution is -0.118. The van der Waals surface area contributed by atoms with Gasteiger partial charge in [0.2, 0.25) is 0 Å². The van der Waals surface area contributed by atoms with E-state index >= 15 is 0 Å². The summed E-state index contributed by atoms with van der Waals surface area (Å²) in [7, 11) is 0. The maximum absolute atomic E-state index is 12.5. The highest BCUT2D eigenvalue weighted by atomic mass is 79.9. The van der Waals surface area contributed by atoms with Crippen molar-refractivity contribution in [1.29, 1.82) is 0 Å². The molecule has 0 spiro atoms. The number of hydrogen-bond acceptors (Lipinski definition) is 4. The number of halogens is 1. The minimum absolute atomic E-state index is 0.0905. The Morgan fingerprint density at radius 1 is 0.871 bits per heavy atom. The van der Waals surface area contributed by atoms with E-state index in [4.69, 9.17) is 14.2 Å². The lowest BCUT2D eigenvalue weighted by Gasteiger charge is -2.15.